The number of amides is 2. The maximum Gasteiger partial charge on any atom is 0.331 e. The lowest BCUT2D eigenvalue weighted by atomic mass is 9.46. The number of benzene rings is 1. The fourth-order valence-corrected chi connectivity index (χ4v) is 8.61. The largest absolute Gasteiger partial charge is 0.393 e. The van der Waals surface area contributed by atoms with Crippen molar-refractivity contribution in [3.63, 3.8) is 0 Å². The number of aliphatic hydroxyl groups excluding tert-OH is 1. The second-order valence-electron chi connectivity index (χ2n) is 15.0. The summed E-state index contributed by atoms with van der Waals surface area (Å²) < 4.78 is 16.2. The van der Waals surface area contributed by atoms with Crippen LogP contribution in [0.25, 0.3) is 0 Å². The molecule has 49 heavy (non-hydrogen) atoms. The van der Waals surface area contributed by atoms with E-state index in [0.29, 0.717) is 36.1 Å². The zero-order valence-electron chi connectivity index (χ0n) is 29.1. The van der Waals surface area contributed by atoms with Crippen molar-refractivity contribution in [2.24, 2.45) is 22.7 Å². The highest BCUT2D eigenvalue weighted by atomic mass is 19.1. The zero-order valence-corrected chi connectivity index (χ0v) is 29.1. The van der Waals surface area contributed by atoms with Crippen LogP contribution in [0.4, 0.5) is 4.39 Å². The summed E-state index contributed by atoms with van der Waals surface area (Å²) >= 11 is 0. The minimum atomic E-state index is -1.15. The van der Waals surface area contributed by atoms with Crippen LogP contribution in [0.3, 0.4) is 0 Å². The maximum absolute atomic E-state index is 14.6. The monoisotopic (exact) mass is 673 g/mol. The fourth-order valence-electron chi connectivity index (χ4n) is 8.61. The minimum Gasteiger partial charge on any atom is -0.393 e. The van der Waals surface area contributed by atoms with Crippen molar-refractivity contribution < 1.29 is 19.1 Å². The van der Waals surface area contributed by atoms with E-state index in [1.54, 1.807) is 23.1 Å². The molecule has 0 spiro atoms. The first-order valence-corrected chi connectivity index (χ1v) is 17.2. The van der Waals surface area contributed by atoms with E-state index in [-0.39, 0.29) is 42.5 Å². The van der Waals surface area contributed by atoms with Crippen LogP contribution in [0.1, 0.15) is 77.3 Å². The Morgan fingerprint density at radius 1 is 1.08 bits per heavy atom. The Kier molecular flexibility index (Phi) is 10.5. The zero-order chi connectivity index (χ0) is 35.7. The minimum absolute atomic E-state index is 0.0738. The van der Waals surface area contributed by atoms with Crippen LogP contribution in [0.5, 0.6) is 0 Å². The number of fused-ring (bicyclic) bond motifs is 1. The molecule has 2 heterocycles. The average Bonchev–Trinajstić information content (AvgIpc) is 3.07. The molecule has 3 fully saturated rings. The molecule has 5 rings (SSSR count). The van der Waals surface area contributed by atoms with E-state index >= 15 is 0 Å². The van der Waals surface area contributed by atoms with Crippen molar-refractivity contribution in [1.29, 1.82) is 5.26 Å². The first-order chi connectivity index (χ1) is 23.1. The molecule has 4 atom stereocenters. The summed E-state index contributed by atoms with van der Waals surface area (Å²) in [5.74, 6) is -0.917. The predicted molar refractivity (Wildman–Crippen MR) is 184 cm³/mol. The van der Waals surface area contributed by atoms with Gasteiger partial charge in [-0.3, -0.25) is 23.5 Å². The molecule has 11 heteroatoms. The molecule has 0 radical (unpaired) electrons. The summed E-state index contributed by atoms with van der Waals surface area (Å²) in [5, 5.41) is 19.7. The SMILES string of the molecule is C=C1CC[C@@H]2C(C)(C)[C@H](O)CC[C@@]2(C)[C@@H]1CC/C(C)=C/C(=O)N1CCN(C(=O)Cn2cc(F)c(=O)n(Cc3ccc(C#N)cc3)c2=O)CC1. The summed E-state index contributed by atoms with van der Waals surface area (Å²) in [6.07, 6.45) is 7.64. The van der Waals surface area contributed by atoms with Crippen LogP contribution in [0.2, 0.25) is 0 Å². The van der Waals surface area contributed by atoms with E-state index in [4.69, 9.17) is 5.26 Å². The number of halogens is 1. The Morgan fingerprint density at radius 3 is 2.39 bits per heavy atom. The van der Waals surface area contributed by atoms with Gasteiger partial charge in [0.1, 0.15) is 6.54 Å². The van der Waals surface area contributed by atoms with Crippen LogP contribution < -0.4 is 11.2 Å². The Morgan fingerprint density at radius 2 is 1.73 bits per heavy atom. The number of rotatable bonds is 8. The smallest absolute Gasteiger partial charge is 0.331 e. The van der Waals surface area contributed by atoms with Gasteiger partial charge in [-0.25, -0.2) is 4.79 Å². The van der Waals surface area contributed by atoms with Gasteiger partial charge >= 0.3 is 5.69 Å². The quantitative estimate of drug-likeness (QED) is 0.330. The van der Waals surface area contributed by atoms with Crippen LogP contribution >= 0.6 is 0 Å². The van der Waals surface area contributed by atoms with E-state index in [1.807, 2.05) is 13.0 Å². The lowest BCUT2D eigenvalue weighted by Gasteiger charge is -2.59. The van der Waals surface area contributed by atoms with Gasteiger partial charge in [-0.1, -0.05) is 50.6 Å². The lowest BCUT2D eigenvalue weighted by molar-refractivity contribution is -0.137. The maximum atomic E-state index is 14.6. The Bertz CT molecular complexity index is 1790. The van der Waals surface area contributed by atoms with Crippen molar-refractivity contribution >= 4 is 11.8 Å². The summed E-state index contributed by atoms with van der Waals surface area (Å²) in [6.45, 7) is 13.7. The standard InChI is InChI=1S/C38H48FN5O5/c1-25(6-12-29-26(2)7-13-31-37(3,4)32(45)14-15-38(29,31)5)20-33(46)41-16-18-42(19-17-41)34(47)24-43-23-30(39)35(48)44(36(43)49)22-28-10-8-27(21-40)9-11-28/h8-11,20,23,29,31-32,45H,2,6-7,12-19,22,24H2,1,3-5H3/b25-20+/t29-,31-,32-,38+/m1/s1. The molecule has 262 valence electrons. The number of nitriles is 1. The van der Waals surface area contributed by atoms with E-state index < -0.39 is 29.5 Å². The summed E-state index contributed by atoms with van der Waals surface area (Å²) in [4.78, 5) is 55.1. The molecule has 2 amide bonds. The molecule has 3 aliphatic rings. The van der Waals surface area contributed by atoms with Crippen molar-refractivity contribution in [3.05, 3.63) is 92.0 Å². The highest BCUT2D eigenvalue weighted by Crippen LogP contribution is 2.61. The number of carbonyl (C=O) groups excluding carboxylic acids is 2. The number of hydrogen-bond donors (Lipinski definition) is 1. The van der Waals surface area contributed by atoms with Crippen molar-refractivity contribution in [2.75, 3.05) is 26.2 Å². The third kappa shape index (κ3) is 7.35. The second-order valence-corrected chi connectivity index (χ2v) is 15.0. The molecule has 0 bridgehead atoms. The number of allylic oxidation sites excluding steroid dienone is 2. The summed E-state index contributed by atoms with van der Waals surface area (Å²) in [6, 6.07) is 8.22. The molecule has 2 saturated carbocycles. The highest BCUT2D eigenvalue weighted by molar-refractivity contribution is 5.88. The number of nitrogens with zero attached hydrogens (tertiary/aromatic N) is 5. The molecule has 2 aliphatic carbocycles. The first-order valence-electron chi connectivity index (χ1n) is 17.2. The topological polar surface area (TPSA) is 129 Å². The highest BCUT2D eigenvalue weighted by Gasteiger charge is 2.55. The van der Waals surface area contributed by atoms with Crippen LogP contribution in [-0.4, -0.2) is 68.1 Å². The molecule has 1 saturated heterocycles. The molecule has 2 aromatic rings. The van der Waals surface area contributed by atoms with E-state index in [2.05, 4.69) is 27.4 Å². The van der Waals surface area contributed by atoms with Gasteiger partial charge in [0.25, 0.3) is 5.56 Å². The van der Waals surface area contributed by atoms with Gasteiger partial charge in [-0.05, 0) is 85.8 Å². The average molecular weight is 674 g/mol. The van der Waals surface area contributed by atoms with Gasteiger partial charge in [0, 0.05) is 32.3 Å². The number of aromatic nitrogens is 2. The van der Waals surface area contributed by atoms with Gasteiger partial charge < -0.3 is 14.9 Å². The normalized spacial score (nSPS) is 25.4. The number of aliphatic hydroxyl groups is 1. The Labute approximate surface area is 287 Å². The molecule has 0 unspecified atom stereocenters. The number of hydrogen-bond acceptors (Lipinski definition) is 6. The Balaban J connectivity index is 1.16. The van der Waals surface area contributed by atoms with Crippen LogP contribution in [0.15, 0.2) is 63.9 Å². The van der Waals surface area contributed by atoms with Crippen molar-refractivity contribution in [2.45, 2.75) is 85.4 Å². The lowest BCUT2D eigenvalue weighted by Crippen LogP contribution is -2.54. The van der Waals surface area contributed by atoms with Crippen LogP contribution in [0, 0.1) is 39.8 Å². The van der Waals surface area contributed by atoms with Gasteiger partial charge in [-0.15, -0.1) is 0 Å². The molecule has 10 nitrogen and oxygen atoms in total. The van der Waals surface area contributed by atoms with E-state index in [1.165, 1.54) is 22.6 Å². The van der Waals surface area contributed by atoms with Gasteiger partial charge in [0.15, 0.2) is 0 Å². The number of piperazine rings is 1. The van der Waals surface area contributed by atoms with E-state index in [9.17, 15) is 28.7 Å². The van der Waals surface area contributed by atoms with Crippen molar-refractivity contribution in [1.82, 2.24) is 18.9 Å². The molecule has 1 aromatic heterocycles. The van der Waals surface area contributed by atoms with Crippen LogP contribution in [-0.2, 0) is 22.7 Å². The molecular formula is C38H48FN5O5. The van der Waals surface area contributed by atoms with Gasteiger partial charge in [-0.2, -0.15) is 9.65 Å². The fraction of sp³-hybridized carbons (Fsp3) is 0.553. The number of carbonyl (C=O) groups is 2. The summed E-state index contributed by atoms with van der Waals surface area (Å²) in [7, 11) is 0. The molecular weight excluding hydrogens is 625 g/mol. The van der Waals surface area contributed by atoms with Gasteiger partial charge in [0.2, 0.25) is 17.6 Å². The molecule has 1 N–H and O–H groups in total. The second kappa shape index (κ2) is 14.3. The molecule has 1 aromatic carbocycles. The van der Waals surface area contributed by atoms with Crippen molar-refractivity contribution in [3.8, 4) is 6.07 Å². The molecule has 1 aliphatic heterocycles. The third-order valence-electron chi connectivity index (χ3n) is 11.6. The predicted octanol–water partition coefficient (Wildman–Crippen LogP) is 4.24. The van der Waals surface area contributed by atoms with E-state index in [0.717, 1.165) is 59.4 Å². The Hall–Kier alpha value is -4.30. The third-order valence-corrected chi connectivity index (χ3v) is 11.6. The van der Waals surface area contributed by atoms with Gasteiger partial charge in [0.05, 0.1) is 30.5 Å². The first kappa shape index (κ1) is 36.0. The summed E-state index contributed by atoms with van der Waals surface area (Å²) in [5.41, 5.74) is 1.24.